The van der Waals surface area contributed by atoms with Crippen LogP contribution in [0.4, 0.5) is 0 Å². The number of rotatable bonds is 4. The van der Waals surface area contributed by atoms with Crippen molar-refractivity contribution < 1.29 is 19.4 Å². The number of carbonyl (C=O) groups is 2. The van der Waals surface area contributed by atoms with Crippen LogP contribution in [0.1, 0.15) is 15.9 Å². The van der Waals surface area contributed by atoms with Gasteiger partial charge in [0, 0.05) is 11.1 Å². The zero-order valence-electron chi connectivity index (χ0n) is 14.1. The Kier molecular flexibility index (Phi) is 4.99. The summed E-state index contributed by atoms with van der Waals surface area (Å²) >= 11 is 0. The van der Waals surface area contributed by atoms with Gasteiger partial charge >= 0.3 is 5.97 Å². The lowest BCUT2D eigenvalue weighted by Crippen LogP contribution is -2.28. The van der Waals surface area contributed by atoms with Gasteiger partial charge in [-0.15, -0.1) is 0 Å². The van der Waals surface area contributed by atoms with Gasteiger partial charge < -0.3 is 15.2 Å². The van der Waals surface area contributed by atoms with Crippen molar-refractivity contribution in [2.45, 2.75) is 0 Å². The number of amides is 1. The van der Waals surface area contributed by atoms with Crippen molar-refractivity contribution in [2.24, 2.45) is 0 Å². The molecule has 0 saturated heterocycles. The molecular formula is C21H17NO4. The molecule has 0 bridgehead atoms. The number of hydrogen-bond donors (Lipinski definition) is 2. The van der Waals surface area contributed by atoms with Crippen molar-refractivity contribution in [3.63, 3.8) is 0 Å². The molecule has 0 fully saturated rings. The predicted octanol–water partition coefficient (Wildman–Crippen LogP) is 3.49. The lowest BCUT2D eigenvalue weighted by atomic mass is 10.0. The SMILES string of the molecule is COC(=O)/C(=C\c1c(O)ccc2ccccc12)NC(=O)c1ccccc1. The van der Waals surface area contributed by atoms with Crippen LogP contribution in [-0.2, 0) is 9.53 Å². The molecule has 0 aliphatic heterocycles. The van der Waals surface area contributed by atoms with Crippen LogP contribution in [0.2, 0.25) is 0 Å². The molecule has 0 aliphatic carbocycles. The monoisotopic (exact) mass is 347 g/mol. The van der Waals surface area contributed by atoms with Gasteiger partial charge in [-0.3, -0.25) is 4.79 Å². The topological polar surface area (TPSA) is 75.6 Å². The molecule has 0 spiro atoms. The molecule has 1 amide bonds. The van der Waals surface area contributed by atoms with E-state index >= 15 is 0 Å². The normalized spacial score (nSPS) is 11.2. The maximum atomic E-state index is 12.4. The molecule has 5 nitrogen and oxygen atoms in total. The second-order valence-corrected chi connectivity index (χ2v) is 5.59. The minimum Gasteiger partial charge on any atom is -0.507 e. The van der Waals surface area contributed by atoms with Gasteiger partial charge in [0.05, 0.1) is 7.11 Å². The van der Waals surface area contributed by atoms with E-state index in [9.17, 15) is 14.7 Å². The largest absolute Gasteiger partial charge is 0.507 e. The first-order valence-electron chi connectivity index (χ1n) is 7.97. The summed E-state index contributed by atoms with van der Waals surface area (Å²) in [6.45, 7) is 0. The van der Waals surface area contributed by atoms with Crippen LogP contribution in [0.25, 0.3) is 16.8 Å². The molecule has 0 aliphatic rings. The maximum Gasteiger partial charge on any atom is 0.354 e. The van der Waals surface area contributed by atoms with Crippen molar-refractivity contribution in [1.29, 1.82) is 0 Å². The number of phenols is 1. The highest BCUT2D eigenvalue weighted by Crippen LogP contribution is 2.29. The van der Waals surface area contributed by atoms with E-state index in [2.05, 4.69) is 5.32 Å². The van der Waals surface area contributed by atoms with E-state index < -0.39 is 11.9 Å². The highest BCUT2D eigenvalue weighted by Gasteiger charge is 2.16. The quantitative estimate of drug-likeness (QED) is 0.560. The summed E-state index contributed by atoms with van der Waals surface area (Å²) in [7, 11) is 1.23. The number of hydrogen-bond acceptors (Lipinski definition) is 4. The summed E-state index contributed by atoms with van der Waals surface area (Å²) < 4.78 is 4.77. The molecule has 3 rings (SSSR count). The van der Waals surface area contributed by atoms with Gasteiger partial charge in [0.1, 0.15) is 11.4 Å². The fourth-order valence-electron chi connectivity index (χ4n) is 2.62. The van der Waals surface area contributed by atoms with Crippen molar-refractivity contribution in [3.05, 3.63) is 83.6 Å². The van der Waals surface area contributed by atoms with Crippen LogP contribution >= 0.6 is 0 Å². The van der Waals surface area contributed by atoms with Gasteiger partial charge in [0.15, 0.2) is 0 Å². The number of phenolic OH excluding ortho intramolecular Hbond substituents is 1. The Balaban J connectivity index is 2.05. The summed E-state index contributed by atoms with van der Waals surface area (Å²) in [5, 5.41) is 14.5. The Hall–Kier alpha value is -3.60. The van der Waals surface area contributed by atoms with Crippen LogP contribution < -0.4 is 5.32 Å². The number of aromatic hydroxyl groups is 1. The third-order valence-electron chi connectivity index (χ3n) is 3.93. The van der Waals surface area contributed by atoms with Crippen LogP contribution in [0.15, 0.2) is 72.4 Å². The Morgan fingerprint density at radius 2 is 1.65 bits per heavy atom. The first-order chi connectivity index (χ1) is 12.6. The average Bonchev–Trinajstić information content (AvgIpc) is 2.69. The van der Waals surface area contributed by atoms with E-state index in [0.717, 1.165) is 10.8 Å². The van der Waals surface area contributed by atoms with Crippen LogP contribution in [0, 0.1) is 0 Å². The van der Waals surface area contributed by atoms with Crippen molar-refractivity contribution >= 4 is 28.7 Å². The summed E-state index contributed by atoms with van der Waals surface area (Å²) in [5.74, 6) is -1.15. The molecule has 3 aromatic carbocycles. The number of benzene rings is 3. The number of carbonyl (C=O) groups excluding carboxylic acids is 2. The Labute approximate surface area is 150 Å². The third-order valence-corrected chi connectivity index (χ3v) is 3.93. The van der Waals surface area contributed by atoms with E-state index in [0.29, 0.717) is 11.1 Å². The zero-order chi connectivity index (χ0) is 18.5. The lowest BCUT2D eigenvalue weighted by Gasteiger charge is -2.10. The van der Waals surface area contributed by atoms with Gasteiger partial charge in [-0.1, -0.05) is 48.5 Å². The van der Waals surface area contributed by atoms with Crippen molar-refractivity contribution in [2.75, 3.05) is 7.11 Å². The molecule has 5 heteroatoms. The van der Waals surface area contributed by atoms with E-state index in [1.807, 2.05) is 24.3 Å². The Morgan fingerprint density at radius 3 is 2.38 bits per heavy atom. The average molecular weight is 347 g/mol. The molecule has 3 aromatic rings. The molecule has 2 N–H and O–H groups in total. The predicted molar refractivity (Wildman–Crippen MR) is 99.5 cm³/mol. The number of esters is 1. The first-order valence-corrected chi connectivity index (χ1v) is 7.97. The summed E-state index contributed by atoms with van der Waals surface area (Å²) in [4.78, 5) is 24.5. The Morgan fingerprint density at radius 1 is 0.962 bits per heavy atom. The summed E-state index contributed by atoms with van der Waals surface area (Å²) in [6.07, 6.45) is 1.42. The molecule has 130 valence electrons. The van der Waals surface area contributed by atoms with Gasteiger partial charge in [-0.25, -0.2) is 4.79 Å². The van der Waals surface area contributed by atoms with Crippen LogP contribution in [0.3, 0.4) is 0 Å². The minimum atomic E-state index is -0.707. The van der Waals surface area contributed by atoms with Gasteiger partial charge in [-0.05, 0) is 35.0 Å². The van der Waals surface area contributed by atoms with Crippen molar-refractivity contribution in [1.82, 2.24) is 5.32 Å². The van der Waals surface area contributed by atoms with Gasteiger partial charge in [-0.2, -0.15) is 0 Å². The second-order valence-electron chi connectivity index (χ2n) is 5.59. The number of methoxy groups -OCH3 is 1. The molecule has 0 aromatic heterocycles. The molecule has 0 unspecified atom stereocenters. The molecule has 0 atom stereocenters. The molecule has 26 heavy (non-hydrogen) atoms. The molecule has 0 saturated carbocycles. The number of fused-ring (bicyclic) bond motifs is 1. The van der Waals surface area contributed by atoms with Gasteiger partial charge in [0.25, 0.3) is 5.91 Å². The fourth-order valence-corrected chi connectivity index (χ4v) is 2.62. The number of nitrogens with one attached hydrogen (secondary N) is 1. The zero-order valence-corrected chi connectivity index (χ0v) is 14.1. The van der Waals surface area contributed by atoms with Crippen LogP contribution in [0.5, 0.6) is 5.75 Å². The van der Waals surface area contributed by atoms with Crippen LogP contribution in [-0.4, -0.2) is 24.1 Å². The van der Waals surface area contributed by atoms with E-state index in [-0.39, 0.29) is 11.4 Å². The standard InChI is InChI=1S/C21H17NO4/c1-26-21(25)18(22-20(24)15-8-3-2-4-9-15)13-17-16-10-6-5-7-14(16)11-12-19(17)23/h2-13,23H,1H3,(H,22,24)/b18-13+. The summed E-state index contributed by atoms with van der Waals surface area (Å²) in [6, 6.07) is 19.3. The second kappa shape index (κ2) is 7.53. The molecule has 0 radical (unpaired) electrons. The first kappa shape index (κ1) is 17.2. The minimum absolute atomic E-state index is 0.000867. The maximum absolute atomic E-state index is 12.4. The summed E-state index contributed by atoms with van der Waals surface area (Å²) in [5.41, 5.74) is 0.773. The fraction of sp³-hybridized carbons (Fsp3) is 0.0476. The van der Waals surface area contributed by atoms with Gasteiger partial charge in [0.2, 0.25) is 0 Å². The highest BCUT2D eigenvalue weighted by atomic mass is 16.5. The van der Waals surface area contributed by atoms with E-state index in [1.165, 1.54) is 13.2 Å². The third kappa shape index (κ3) is 3.57. The number of ether oxygens (including phenoxy) is 1. The molecular weight excluding hydrogens is 330 g/mol. The van der Waals surface area contributed by atoms with Crippen molar-refractivity contribution in [3.8, 4) is 5.75 Å². The molecule has 0 heterocycles. The highest BCUT2D eigenvalue weighted by molar-refractivity contribution is 6.05. The Bertz CT molecular complexity index is 993. The van der Waals surface area contributed by atoms with E-state index in [1.54, 1.807) is 42.5 Å². The van der Waals surface area contributed by atoms with E-state index in [4.69, 9.17) is 4.74 Å². The smallest absolute Gasteiger partial charge is 0.354 e. The lowest BCUT2D eigenvalue weighted by molar-refractivity contribution is -0.136.